The summed E-state index contributed by atoms with van der Waals surface area (Å²) in [6, 6.07) is 12.3. The molecule has 0 aliphatic carbocycles. The first-order valence-corrected chi connectivity index (χ1v) is 9.19. The molecule has 3 N–H and O–H groups in total. The van der Waals surface area contributed by atoms with Gasteiger partial charge < -0.3 is 11.1 Å². The Morgan fingerprint density at radius 2 is 1.85 bits per heavy atom. The van der Waals surface area contributed by atoms with Crippen LogP contribution < -0.4 is 11.1 Å². The number of nitrogens with zero attached hydrogens (tertiary/aromatic N) is 4. The average Bonchev–Trinajstić information content (AvgIpc) is 3.08. The fourth-order valence-electron chi connectivity index (χ4n) is 3.07. The van der Waals surface area contributed by atoms with Crippen molar-refractivity contribution in [2.24, 2.45) is 10.7 Å². The lowest BCUT2D eigenvalue weighted by atomic mass is 10.0. The molecule has 2 heterocycles. The maximum Gasteiger partial charge on any atom is 0.193 e. The fourth-order valence-corrected chi connectivity index (χ4v) is 3.07. The van der Waals surface area contributed by atoms with E-state index in [-0.39, 0.29) is 0 Å². The lowest BCUT2D eigenvalue weighted by Gasteiger charge is -2.14. The van der Waals surface area contributed by atoms with Gasteiger partial charge in [0.05, 0.1) is 0 Å². The van der Waals surface area contributed by atoms with Crippen LogP contribution in [0.15, 0.2) is 47.6 Å². The van der Waals surface area contributed by atoms with Crippen LogP contribution in [0.1, 0.15) is 37.2 Å². The smallest absolute Gasteiger partial charge is 0.193 e. The summed E-state index contributed by atoms with van der Waals surface area (Å²) in [5, 5.41) is 11.7. The van der Waals surface area contributed by atoms with E-state index in [1.807, 2.05) is 28.8 Å². The summed E-state index contributed by atoms with van der Waals surface area (Å²) in [4.78, 5) is 4.48. The molecule has 0 atom stereocenters. The number of anilines is 1. The second-order valence-corrected chi connectivity index (χ2v) is 6.20. The van der Waals surface area contributed by atoms with Gasteiger partial charge in [-0.3, -0.25) is 9.39 Å². The zero-order valence-electron chi connectivity index (χ0n) is 15.4. The van der Waals surface area contributed by atoms with E-state index in [1.165, 1.54) is 11.1 Å². The van der Waals surface area contributed by atoms with Gasteiger partial charge >= 0.3 is 0 Å². The Hall–Kier alpha value is -2.89. The maximum absolute atomic E-state index is 6.11. The zero-order chi connectivity index (χ0) is 18.4. The Morgan fingerprint density at radius 3 is 2.58 bits per heavy atom. The van der Waals surface area contributed by atoms with Gasteiger partial charge in [0.2, 0.25) is 0 Å². The normalized spacial score (nSPS) is 11.8. The van der Waals surface area contributed by atoms with Gasteiger partial charge in [0.15, 0.2) is 11.6 Å². The van der Waals surface area contributed by atoms with Crippen molar-refractivity contribution < 1.29 is 0 Å². The van der Waals surface area contributed by atoms with E-state index >= 15 is 0 Å². The minimum atomic E-state index is 0.465. The highest BCUT2D eigenvalue weighted by Gasteiger charge is 2.07. The van der Waals surface area contributed by atoms with Crippen LogP contribution in [-0.2, 0) is 19.3 Å². The number of aryl methyl sites for hydroxylation is 3. The topological polar surface area (TPSA) is 80.6 Å². The van der Waals surface area contributed by atoms with Gasteiger partial charge in [0, 0.05) is 24.8 Å². The number of fused-ring (bicyclic) bond motifs is 1. The van der Waals surface area contributed by atoms with Crippen LogP contribution >= 0.6 is 0 Å². The van der Waals surface area contributed by atoms with Crippen molar-refractivity contribution in [1.29, 1.82) is 0 Å². The molecule has 0 unspecified atom stereocenters. The van der Waals surface area contributed by atoms with Crippen molar-refractivity contribution >= 4 is 17.3 Å². The Bertz CT molecular complexity index is 874. The molecule has 2 aromatic heterocycles. The summed E-state index contributed by atoms with van der Waals surface area (Å²) < 4.78 is 2.01. The van der Waals surface area contributed by atoms with Gasteiger partial charge in [-0.1, -0.05) is 38.1 Å². The van der Waals surface area contributed by atoms with Gasteiger partial charge in [0.1, 0.15) is 5.82 Å². The Kier molecular flexibility index (Phi) is 5.84. The summed E-state index contributed by atoms with van der Waals surface area (Å²) in [6.45, 7) is 4.95. The molecule has 0 aliphatic rings. The Morgan fingerprint density at radius 1 is 1.08 bits per heavy atom. The second-order valence-electron chi connectivity index (χ2n) is 6.20. The molecule has 136 valence electrons. The molecular formula is C20H26N6. The van der Waals surface area contributed by atoms with E-state index in [2.05, 4.69) is 52.6 Å². The molecule has 0 radical (unpaired) electrons. The quantitative estimate of drug-likeness (QED) is 0.389. The van der Waals surface area contributed by atoms with E-state index in [1.54, 1.807) is 0 Å². The molecular weight excluding hydrogens is 324 g/mol. The Balaban J connectivity index is 1.59. The lowest BCUT2D eigenvalue weighted by molar-refractivity contribution is 0.770. The summed E-state index contributed by atoms with van der Waals surface area (Å²) in [6.07, 6.45) is 5.59. The molecule has 1 aromatic carbocycles. The Labute approximate surface area is 154 Å². The summed E-state index contributed by atoms with van der Waals surface area (Å²) in [7, 11) is 0. The standard InChI is InChI=1S/C20H26N6/c1-3-15-9-7-10-16(4-2)19(15)23-20(21)22-13-8-12-18-25-24-17-11-5-6-14-26(17)18/h5-7,9-11,14H,3-4,8,12-13H2,1-2H3,(H3,21,22,23). The number of guanidine groups is 1. The van der Waals surface area contributed by atoms with Gasteiger partial charge in [-0.15, -0.1) is 10.2 Å². The van der Waals surface area contributed by atoms with Crippen molar-refractivity contribution in [2.45, 2.75) is 39.5 Å². The van der Waals surface area contributed by atoms with Crippen molar-refractivity contribution in [3.05, 3.63) is 59.5 Å². The third-order valence-electron chi connectivity index (χ3n) is 4.48. The molecule has 0 bridgehead atoms. The van der Waals surface area contributed by atoms with Crippen LogP contribution in [0.3, 0.4) is 0 Å². The largest absolute Gasteiger partial charge is 0.370 e. The first-order chi connectivity index (χ1) is 12.7. The third-order valence-corrected chi connectivity index (χ3v) is 4.48. The molecule has 26 heavy (non-hydrogen) atoms. The zero-order valence-corrected chi connectivity index (χ0v) is 15.4. The molecule has 6 nitrogen and oxygen atoms in total. The van der Waals surface area contributed by atoms with Crippen LogP contribution in [0.5, 0.6) is 0 Å². The van der Waals surface area contributed by atoms with Crippen LogP contribution in [0.25, 0.3) is 5.65 Å². The minimum absolute atomic E-state index is 0.465. The molecule has 6 heteroatoms. The van der Waals surface area contributed by atoms with Crippen LogP contribution in [0.4, 0.5) is 5.69 Å². The fraction of sp³-hybridized carbons (Fsp3) is 0.350. The van der Waals surface area contributed by atoms with Gasteiger partial charge in [0.25, 0.3) is 0 Å². The van der Waals surface area contributed by atoms with Gasteiger partial charge in [-0.25, -0.2) is 0 Å². The first-order valence-electron chi connectivity index (χ1n) is 9.19. The summed E-state index contributed by atoms with van der Waals surface area (Å²) >= 11 is 0. The summed E-state index contributed by atoms with van der Waals surface area (Å²) in [5.74, 6) is 1.42. The number of nitrogens with one attached hydrogen (secondary N) is 1. The number of aromatic nitrogens is 3. The van der Waals surface area contributed by atoms with Crippen LogP contribution in [-0.4, -0.2) is 27.1 Å². The van der Waals surface area contributed by atoms with Crippen LogP contribution in [0, 0.1) is 0 Å². The number of pyridine rings is 1. The number of para-hydroxylation sites is 1. The molecule has 3 rings (SSSR count). The molecule has 3 aromatic rings. The number of benzene rings is 1. The average molecular weight is 350 g/mol. The van der Waals surface area contributed by atoms with Gasteiger partial charge in [-0.05, 0) is 42.5 Å². The van der Waals surface area contributed by atoms with E-state index in [0.717, 1.165) is 42.8 Å². The van der Waals surface area contributed by atoms with Crippen molar-refractivity contribution in [2.75, 3.05) is 11.9 Å². The number of hydrogen-bond donors (Lipinski definition) is 2. The highest BCUT2D eigenvalue weighted by molar-refractivity contribution is 5.93. The molecule has 0 spiro atoms. The first kappa shape index (κ1) is 17.9. The minimum Gasteiger partial charge on any atom is -0.370 e. The highest BCUT2D eigenvalue weighted by atomic mass is 15.2. The number of hydrogen-bond acceptors (Lipinski definition) is 3. The van der Waals surface area contributed by atoms with Crippen molar-refractivity contribution in [3.63, 3.8) is 0 Å². The predicted molar refractivity (Wildman–Crippen MR) is 107 cm³/mol. The van der Waals surface area contributed by atoms with E-state index in [9.17, 15) is 0 Å². The molecule has 0 amide bonds. The monoisotopic (exact) mass is 350 g/mol. The molecule has 0 saturated heterocycles. The number of nitrogens with two attached hydrogens (primary N) is 1. The van der Waals surface area contributed by atoms with Crippen molar-refractivity contribution in [1.82, 2.24) is 14.6 Å². The highest BCUT2D eigenvalue weighted by Crippen LogP contribution is 2.22. The second kappa shape index (κ2) is 8.47. The predicted octanol–water partition coefficient (Wildman–Crippen LogP) is 3.21. The number of rotatable bonds is 7. The van der Waals surface area contributed by atoms with Crippen LogP contribution in [0.2, 0.25) is 0 Å². The molecule has 0 fully saturated rings. The summed E-state index contributed by atoms with van der Waals surface area (Å²) in [5.41, 5.74) is 10.6. The number of aliphatic imine (C=N–C) groups is 1. The third kappa shape index (κ3) is 4.02. The molecule has 0 saturated carbocycles. The SMILES string of the molecule is CCc1cccc(CC)c1NC(N)=NCCCc1nnc2ccccn12. The molecule has 0 aliphatic heterocycles. The lowest BCUT2D eigenvalue weighted by Crippen LogP contribution is -2.24. The van der Waals surface area contributed by atoms with E-state index in [4.69, 9.17) is 5.73 Å². The van der Waals surface area contributed by atoms with E-state index < -0.39 is 0 Å². The van der Waals surface area contributed by atoms with E-state index in [0.29, 0.717) is 12.5 Å². The van der Waals surface area contributed by atoms with Crippen molar-refractivity contribution in [3.8, 4) is 0 Å². The maximum atomic E-state index is 6.11. The van der Waals surface area contributed by atoms with Gasteiger partial charge in [-0.2, -0.15) is 0 Å².